The van der Waals surface area contributed by atoms with Crippen LogP contribution in [0, 0.1) is 0 Å². The number of rotatable bonds is 5. The lowest BCUT2D eigenvalue weighted by molar-refractivity contribution is 0.112. The summed E-state index contributed by atoms with van der Waals surface area (Å²) in [7, 11) is -3.09. The Bertz CT molecular complexity index is 595. The number of urea groups is 1. The minimum atomic E-state index is -3.09. The first-order valence-electron chi connectivity index (χ1n) is 6.85. The molecule has 1 heterocycles. The molecule has 2 amide bonds. The molecule has 0 spiro atoms. The van der Waals surface area contributed by atoms with Crippen LogP contribution in [-0.2, 0) is 20.3 Å². The molecule has 7 heteroatoms. The smallest absolute Gasteiger partial charge is 0.319 e. The van der Waals surface area contributed by atoms with Gasteiger partial charge in [-0.2, -0.15) is 0 Å². The van der Waals surface area contributed by atoms with Crippen LogP contribution in [0.2, 0.25) is 0 Å². The Labute approximate surface area is 124 Å². The van der Waals surface area contributed by atoms with E-state index in [9.17, 15) is 13.2 Å². The van der Waals surface area contributed by atoms with Crippen molar-refractivity contribution in [3.05, 3.63) is 29.8 Å². The summed E-state index contributed by atoms with van der Waals surface area (Å²) in [6.45, 7) is 1.23. The number of benzene rings is 1. The fourth-order valence-electron chi connectivity index (χ4n) is 2.23. The van der Waals surface area contributed by atoms with Gasteiger partial charge in [0.05, 0.1) is 11.9 Å². The van der Waals surface area contributed by atoms with Crippen LogP contribution in [-0.4, -0.2) is 40.0 Å². The highest BCUT2D eigenvalue weighted by Gasteiger charge is 2.16. The SMILES string of the molecule is CS(=O)(=O)Cc1cccc(NC(=O)NCC2CCCO2)c1. The maximum absolute atomic E-state index is 11.8. The fourth-order valence-corrected chi connectivity index (χ4v) is 3.01. The van der Waals surface area contributed by atoms with Gasteiger partial charge >= 0.3 is 6.03 Å². The number of hydrogen-bond donors (Lipinski definition) is 2. The molecule has 1 aliphatic heterocycles. The zero-order chi connectivity index (χ0) is 15.3. The summed E-state index contributed by atoms with van der Waals surface area (Å²) >= 11 is 0. The van der Waals surface area contributed by atoms with Crippen LogP contribution in [0.15, 0.2) is 24.3 Å². The van der Waals surface area contributed by atoms with Gasteiger partial charge in [-0.25, -0.2) is 13.2 Å². The minimum absolute atomic E-state index is 0.0416. The van der Waals surface area contributed by atoms with Crippen molar-refractivity contribution in [2.24, 2.45) is 0 Å². The first-order chi connectivity index (χ1) is 9.92. The van der Waals surface area contributed by atoms with Crippen molar-refractivity contribution < 1.29 is 17.9 Å². The topological polar surface area (TPSA) is 84.5 Å². The lowest BCUT2D eigenvalue weighted by atomic mass is 10.2. The van der Waals surface area contributed by atoms with Gasteiger partial charge in [0.25, 0.3) is 0 Å². The number of carbonyl (C=O) groups is 1. The van der Waals surface area contributed by atoms with Gasteiger partial charge in [0.2, 0.25) is 0 Å². The summed E-state index contributed by atoms with van der Waals surface area (Å²) in [5.41, 5.74) is 1.22. The van der Waals surface area contributed by atoms with Crippen molar-refractivity contribution in [3.63, 3.8) is 0 Å². The first-order valence-corrected chi connectivity index (χ1v) is 8.91. The first kappa shape index (κ1) is 15.8. The van der Waals surface area contributed by atoms with Gasteiger partial charge in [-0.05, 0) is 30.5 Å². The Morgan fingerprint density at radius 1 is 1.43 bits per heavy atom. The highest BCUT2D eigenvalue weighted by Crippen LogP contribution is 2.13. The second-order valence-electron chi connectivity index (χ2n) is 5.24. The molecule has 2 rings (SSSR count). The van der Waals surface area contributed by atoms with Crippen LogP contribution in [0.4, 0.5) is 10.5 Å². The molecule has 0 aromatic heterocycles. The molecule has 2 N–H and O–H groups in total. The minimum Gasteiger partial charge on any atom is -0.376 e. The highest BCUT2D eigenvalue weighted by molar-refractivity contribution is 7.89. The molecule has 0 saturated carbocycles. The van der Waals surface area contributed by atoms with Gasteiger partial charge in [-0.3, -0.25) is 0 Å². The molecular formula is C14H20N2O4S. The van der Waals surface area contributed by atoms with Crippen molar-refractivity contribution in [1.29, 1.82) is 0 Å². The zero-order valence-electron chi connectivity index (χ0n) is 12.0. The standard InChI is InChI=1S/C14H20N2O4S/c1-21(18,19)10-11-4-2-5-12(8-11)16-14(17)15-9-13-6-3-7-20-13/h2,4-5,8,13H,3,6-7,9-10H2,1H3,(H2,15,16,17). The van der Waals surface area contributed by atoms with E-state index in [-0.39, 0.29) is 17.9 Å². The van der Waals surface area contributed by atoms with E-state index >= 15 is 0 Å². The number of carbonyl (C=O) groups excluding carboxylic acids is 1. The third kappa shape index (κ3) is 5.73. The molecular weight excluding hydrogens is 292 g/mol. The quantitative estimate of drug-likeness (QED) is 0.863. The van der Waals surface area contributed by atoms with Crippen LogP contribution in [0.1, 0.15) is 18.4 Å². The second kappa shape index (κ2) is 6.91. The van der Waals surface area contributed by atoms with Crippen LogP contribution in [0.25, 0.3) is 0 Å². The molecule has 1 aromatic rings. The van der Waals surface area contributed by atoms with Crippen LogP contribution in [0.5, 0.6) is 0 Å². The molecule has 0 radical (unpaired) electrons. The lowest BCUT2D eigenvalue weighted by Gasteiger charge is -2.12. The van der Waals surface area contributed by atoms with Crippen molar-refractivity contribution in [1.82, 2.24) is 5.32 Å². The van der Waals surface area contributed by atoms with E-state index in [0.717, 1.165) is 19.4 Å². The predicted octanol–water partition coefficient (Wildman–Crippen LogP) is 1.53. The molecule has 1 atom stereocenters. The van der Waals surface area contributed by atoms with Crippen LogP contribution in [0.3, 0.4) is 0 Å². The van der Waals surface area contributed by atoms with Gasteiger partial charge in [0, 0.05) is 25.1 Å². The maximum atomic E-state index is 11.8. The van der Waals surface area contributed by atoms with Crippen molar-refractivity contribution in [2.45, 2.75) is 24.7 Å². The number of anilines is 1. The van der Waals surface area contributed by atoms with Gasteiger partial charge in [0.1, 0.15) is 0 Å². The number of hydrogen-bond acceptors (Lipinski definition) is 4. The predicted molar refractivity (Wildman–Crippen MR) is 81.0 cm³/mol. The molecule has 6 nitrogen and oxygen atoms in total. The molecule has 21 heavy (non-hydrogen) atoms. The summed E-state index contributed by atoms with van der Waals surface area (Å²) in [4.78, 5) is 11.8. The normalized spacial score (nSPS) is 18.4. The average Bonchev–Trinajstić information content (AvgIpc) is 2.87. The Balaban J connectivity index is 1.86. The van der Waals surface area contributed by atoms with E-state index in [1.807, 2.05) is 0 Å². The van der Waals surface area contributed by atoms with Crippen LogP contribution >= 0.6 is 0 Å². The third-order valence-electron chi connectivity index (χ3n) is 3.13. The Hall–Kier alpha value is -1.60. The van der Waals surface area contributed by atoms with Gasteiger partial charge in [-0.15, -0.1) is 0 Å². The molecule has 1 aromatic carbocycles. The monoisotopic (exact) mass is 312 g/mol. The van der Waals surface area contributed by atoms with Crippen molar-refractivity contribution in [3.8, 4) is 0 Å². The number of nitrogens with one attached hydrogen (secondary N) is 2. The maximum Gasteiger partial charge on any atom is 0.319 e. The Morgan fingerprint density at radius 3 is 2.90 bits per heavy atom. The molecule has 1 unspecified atom stereocenters. The number of sulfone groups is 1. The van der Waals surface area contributed by atoms with E-state index in [1.54, 1.807) is 24.3 Å². The summed E-state index contributed by atoms with van der Waals surface area (Å²) in [6, 6.07) is 6.50. The average molecular weight is 312 g/mol. The lowest BCUT2D eigenvalue weighted by Crippen LogP contribution is -2.35. The van der Waals surface area contributed by atoms with E-state index in [2.05, 4.69) is 10.6 Å². The molecule has 1 fully saturated rings. The molecule has 1 saturated heterocycles. The third-order valence-corrected chi connectivity index (χ3v) is 3.99. The Kier molecular flexibility index (Phi) is 5.19. The number of amides is 2. The van der Waals surface area contributed by atoms with E-state index in [1.165, 1.54) is 6.26 Å². The second-order valence-corrected chi connectivity index (χ2v) is 7.38. The van der Waals surface area contributed by atoms with Gasteiger partial charge in [0.15, 0.2) is 9.84 Å². The van der Waals surface area contributed by atoms with Gasteiger partial charge in [-0.1, -0.05) is 12.1 Å². The highest BCUT2D eigenvalue weighted by atomic mass is 32.2. The van der Waals surface area contributed by atoms with Gasteiger partial charge < -0.3 is 15.4 Å². The molecule has 116 valence electrons. The van der Waals surface area contributed by atoms with Crippen LogP contribution < -0.4 is 10.6 Å². The fraction of sp³-hybridized carbons (Fsp3) is 0.500. The molecule has 0 aliphatic carbocycles. The summed E-state index contributed by atoms with van der Waals surface area (Å²) in [6.07, 6.45) is 3.26. The van der Waals surface area contributed by atoms with E-state index in [0.29, 0.717) is 17.8 Å². The number of ether oxygens (including phenoxy) is 1. The summed E-state index contributed by atoms with van der Waals surface area (Å²) in [5.74, 6) is -0.0416. The van der Waals surface area contributed by atoms with E-state index < -0.39 is 9.84 Å². The molecule has 1 aliphatic rings. The Morgan fingerprint density at radius 2 is 2.24 bits per heavy atom. The summed E-state index contributed by atoms with van der Waals surface area (Å²) in [5, 5.41) is 5.44. The summed E-state index contributed by atoms with van der Waals surface area (Å²) < 4.78 is 28.0. The van der Waals surface area contributed by atoms with Crippen molar-refractivity contribution >= 4 is 21.6 Å². The molecule has 0 bridgehead atoms. The largest absolute Gasteiger partial charge is 0.376 e. The van der Waals surface area contributed by atoms with Crippen molar-refractivity contribution in [2.75, 3.05) is 24.7 Å². The van der Waals surface area contributed by atoms with E-state index in [4.69, 9.17) is 4.74 Å². The zero-order valence-corrected chi connectivity index (χ0v) is 12.8.